The van der Waals surface area contributed by atoms with Gasteiger partial charge in [0.2, 0.25) is 0 Å². The molecule has 0 unspecified atom stereocenters. The van der Waals surface area contributed by atoms with Crippen LogP contribution in [0.15, 0.2) is 48.5 Å². The summed E-state index contributed by atoms with van der Waals surface area (Å²) < 4.78 is 5.15. The van der Waals surface area contributed by atoms with Crippen molar-refractivity contribution >= 4 is 5.78 Å². The lowest BCUT2D eigenvalue weighted by molar-refractivity contribution is 0.0944. The van der Waals surface area contributed by atoms with Gasteiger partial charge in [-0.3, -0.25) is 4.79 Å². The second-order valence-corrected chi connectivity index (χ2v) is 6.61. The molecular weight excluding hydrogens is 322 g/mol. The van der Waals surface area contributed by atoms with Crippen molar-refractivity contribution in [3.8, 4) is 17.6 Å². The lowest BCUT2D eigenvalue weighted by Crippen LogP contribution is -2.31. The molecule has 26 heavy (non-hydrogen) atoms. The third-order valence-corrected chi connectivity index (χ3v) is 4.97. The zero-order valence-corrected chi connectivity index (χ0v) is 15.5. The van der Waals surface area contributed by atoms with Crippen molar-refractivity contribution in [3.05, 3.63) is 65.2 Å². The van der Waals surface area contributed by atoms with Gasteiger partial charge in [0.1, 0.15) is 5.75 Å². The van der Waals surface area contributed by atoms with Gasteiger partial charge in [-0.05, 0) is 62.3 Å². The smallest absolute Gasteiger partial charge is 0.164 e. The summed E-state index contributed by atoms with van der Waals surface area (Å²) in [7, 11) is 1.65. The predicted molar refractivity (Wildman–Crippen MR) is 105 cm³/mol. The normalized spacial score (nSPS) is 16.8. The van der Waals surface area contributed by atoms with Crippen LogP contribution >= 0.6 is 0 Å². The van der Waals surface area contributed by atoms with E-state index in [0.29, 0.717) is 12.5 Å². The zero-order chi connectivity index (χ0) is 18.4. The van der Waals surface area contributed by atoms with E-state index in [0.717, 1.165) is 42.0 Å². The Kier molecular flexibility index (Phi) is 6.09. The quantitative estimate of drug-likeness (QED) is 0.601. The molecule has 0 aliphatic carbocycles. The van der Waals surface area contributed by atoms with Crippen molar-refractivity contribution in [1.29, 1.82) is 0 Å². The summed E-state index contributed by atoms with van der Waals surface area (Å²) in [6, 6.07) is 15.7. The maximum atomic E-state index is 12.5. The molecule has 0 radical (unpaired) electrons. The summed E-state index contributed by atoms with van der Waals surface area (Å²) in [6.07, 6.45) is 2.95. The first-order chi connectivity index (χ1) is 12.7. The maximum absolute atomic E-state index is 12.5. The molecular formula is C23H25NO2. The SMILES string of the molecule is CCN1CCC[C@H]1CC(=O)c1ccc(C#Cc2ccc(OC)cc2)cc1. The first-order valence-corrected chi connectivity index (χ1v) is 9.23. The number of carbonyl (C=O) groups excluding carboxylic acids is 1. The number of likely N-dealkylation sites (tertiary alicyclic amines) is 1. The minimum Gasteiger partial charge on any atom is -0.497 e. The van der Waals surface area contributed by atoms with E-state index in [2.05, 4.69) is 23.7 Å². The Balaban J connectivity index is 1.63. The van der Waals surface area contributed by atoms with Crippen LogP contribution in [0.25, 0.3) is 0 Å². The van der Waals surface area contributed by atoms with Crippen molar-refractivity contribution in [3.63, 3.8) is 0 Å². The molecule has 1 aliphatic heterocycles. The highest BCUT2D eigenvalue weighted by Gasteiger charge is 2.25. The highest BCUT2D eigenvalue weighted by Crippen LogP contribution is 2.21. The molecule has 0 saturated carbocycles. The standard InChI is InChI=1S/C23H25NO2/c1-3-24-16-4-5-21(24)17-23(25)20-12-8-18(9-13-20)6-7-19-10-14-22(26-2)15-11-19/h8-15,21H,3-5,16-17H2,1-2H3/t21-/m0/s1. The summed E-state index contributed by atoms with van der Waals surface area (Å²) in [5.41, 5.74) is 2.63. The highest BCUT2D eigenvalue weighted by molar-refractivity contribution is 5.96. The molecule has 3 heteroatoms. The van der Waals surface area contributed by atoms with Crippen LogP contribution < -0.4 is 4.74 Å². The van der Waals surface area contributed by atoms with Gasteiger partial charge >= 0.3 is 0 Å². The monoisotopic (exact) mass is 347 g/mol. The molecule has 0 spiro atoms. The number of hydrogen-bond acceptors (Lipinski definition) is 3. The van der Waals surface area contributed by atoms with Crippen LogP contribution in [0.3, 0.4) is 0 Å². The van der Waals surface area contributed by atoms with Crippen LogP contribution in [0.1, 0.15) is 47.7 Å². The van der Waals surface area contributed by atoms with E-state index in [4.69, 9.17) is 4.74 Å². The molecule has 0 N–H and O–H groups in total. The molecule has 3 rings (SSSR count). The fourth-order valence-electron chi connectivity index (χ4n) is 3.43. The number of carbonyl (C=O) groups is 1. The summed E-state index contributed by atoms with van der Waals surface area (Å²) in [5, 5.41) is 0. The van der Waals surface area contributed by atoms with Gasteiger partial charge in [-0.2, -0.15) is 0 Å². The van der Waals surface area contributed by atoms with Crippen LogP contribution in [0.4, 0.5) is 0 Å². The molecule has 2 aromatic carbocycles. The number of benzene rings is 2. The summed E-state index contributed by atoms with van der Waals surface area (Å²) in [5.74, 6) is 7.33. The number of Topliss-reactive ketones (excluding diaryl/α,β-unsaturated/α-hetero) is 1. The van der Waals surface area contributed by atoms with Crippen molar-refractivity contribution in [2.75, 3.05) is 20.2 Å². The van der Waals surface area contributed by atoms with Gasteiger partial charge in [0.05, 0.1) is 7.11 Å². The van der Waals surface area contributed by atoms with Gasteiger partial charge in [0, 0.05) is 29.2 Å². The molecule has 134 valence electrons. The van der Waals surface area contributed by atoms with Gasteiger partial charge in [0.15, 0.2) is 5.78 Å². The molecule has 1 aliphatic rings. The lowest BCUT2D eigenvalue weighted by Gasteiger charge is -2.21. The number of nitrogens with zero attached hydrogens (tertiary/aromatic N) is 1. The Hall–Kier alpha value is -2.57. The van der Waals surface area contributed by atoms with E-state index < -0.39 is 0 Å². The van der Waals surface area contributed by atoms with Gasteiger partial charge in [0.25, 0.3) is 0 Å². The fourth-order valence-corrected chi connectivity index (χ4v) is 3.43. The van der Waals surface area contributed by atoms with Gasteiger partial charge in [-0.15, -0.1) is 0 Å². The second-order valence-electron chi connectivity index (χ2n) is 6.61. The molecule has 1 atom stereocenters. The second kappa shape index (κ2) is 8.69. The molecule has 1 fully saturated rings. The number of rotatable bonds is 5. The number of ether oxygens (including phenoxy) is 1. The van der Waals surface area contributed by atoms with E-state index in [-0.39, 0.29) is 5.78 Å². The Morgan fingerprint density at radius 1 is 1.08 bits per heavy atom. The number of hydrogen-bond donors (Lipinski definition) is 0. The maximum Gasteiger partial charge on any atom is 0.164 e. The van der Waals surface area contributed by atoms with E-state index in [1.54, 1.807) is 7.11 Å². The molecule has 0 amide bonds. The molecule has 1 heterocycles. The van der Waals surface area contributed by atoms with Crippen LogP contribution in [-0.4, -0.2) is 36.9 Å². The first-order valence-electron chi connectivity index (χ1n) is 9.23. The lowest BCUT2D eigenvalue weighted by atomic mass is 10.0. The molecule has 2 aromatic rings. The Bertz CT molecular complexity index is 797. The first kappa shape index (κ1) is 18.2. The molecule has 0 bridgehead atoms. The van der Waals surface area contributed by atoms with Crippen molar-refractivity contribution in [1.82, 2.24) is 4.90 Å². The van der Waals surface area contributed by atoms with Crippen molar-refractivity contribution in [2.24, 2.45) is 0 Å². The van der Waals surface area contributed by atoms with Crippen LogP contribution in [0, 0.1) is 11.8 Å². The van der Waals surface area contributed by atoms with E-state index in [1.807, 2.05) is 48.5 Å². The van der Waals surface area contributed by atoms with Crippen LogP contribution in [0.2, 0.25) is 0 Å². The average Bonchev–Trinajstić information content (AvgIpc) is 3.14. The number of ketones is 1. The molecule has 3 nitrogen and oxygen atoms in total. The van der Waals surface area contributed by atoms with E-state index in [9.17, 15) is 4.79 Å². The zero-order valence-electron chi connectivity index (χ0n) is 15.5. The summed E-state index contributed by atoms with van der Waals surface area (Å²) >= 11 is 0. The Morgan fingerprint density at radius 3 is 2.27 bits per heavy atom. The average molecular weight is 347 g/mol. The Labute approximate surface area is 156 Å². The third kappa shape index (κ3) is 4.53. The minimum atomic E-state index is 0.227. The van der Waals surface area contributed by atoms with Crippen molar-refractivity contribution < 1.29 is 9.53 Å². The summed E-state index contributed by atoms with van der Waals surface area (Å²) in [4.78, 5) is 14.9. The molecule has 1 saturated heterocycles. The number of methoxy groups -OCH3 is 1. The highest BCUT2D eigenvalue weighted by atomic mass is 16.5. The van der Waals surface area contributed by atoms with E-state index >= 15 is 0 Å². The van der Waals surface area contributed by atoms with Crippen molar-refractivity contribution in [2.45, 2.75) is 32.2 Å². The predicted octanol–water partition coefficient (Wildman–Crippen LogP) is 4.15. The third-order valence-electron chi connectivity index (χ3n) is 4.97. The largest absolute Gasteiger partial charge is 0.497 e. The minimum absolute atomic E-state index is 0.227. The Morgan fingerprint density at radius 2 is 1.69 bits per heavy atom. The molecule has 0 aromatic heterocycles. The fraction of sp³-hybridized carbons (Fsp3) is 0.348. The van der Waals surface area contributed by atoms with Crippen LogP contribution in [-0.2, 0) is 0 Å². The van der Waals surface area contributed by atoms with E-state index in [1.165, 1.54) is 6.42 Å². The van der Waals surface area contributed by atoms with Gasteiger partial charge in [-0.1, -0.05) is 30.9 Å². The van der Waals surface area contributed by atoms with Gasteiger partial charge in [-0.25, -0.2) is 0 Å². The van der Waals surface area contributed by atoms with Gasteiger partial charge < -0.3 is 9.64 Å². The summed E-state index contributed by atoms with van der Waals surface area (Å²) in [6.45, 7) is 4.31. The topological polar surface area (TPSA) is 29.5 Å². The van der Waals surface area contributed by atoms with Crippen LogP contribution in [0.5, 0.6) is 5.75 Å².